The van der Waals surface area contributed by atoms with Crippen LogP contribution in [0.15, 0.2) is 50.3 Å². The van der Waals surface area contributed by atoms with Crippen LogP contribution in [0.3, 0.4) is 0 Å². The maximum absolute atomic E-state index is 12.6. The number of carbonyl (C=O) groups is 1. The molecule has 2 aromatic carbocycles. The van der Waals surface area contributed by atoms with Crippen LogP contribution in [0, 0.1) is 11.6 Å². The van der Waals surface area contributed by atoms with Gasteiger partial charge >= 0.3 is 0 Å². The number of aliphatic imine (C=N–C) groups is 1. The van der Waals surface area contributed by atoms with Crippen LogP contribution in [-0.4, -0.2) is 11.6 Å². The molecule has 0 atom stereocenters. The number of carbonyl (C=O) groups excluding carboxylic acids is 1. The summed E-state index contributed by atoms with van der Waals surface area (Å²) in [6.45, 7) is 5.20. The summed E-state index contributed by atoms with van der Waals surface area (Å²) in [5.41, 5.74) is 2.28. The third-order valence-corrected chi connectivity index (χ3v) is 3.79. The predicted octanol–water partition coefficient (Wildman–Crippen LogP) is 6.25. The topological polar surface area (TPSA) is 41.5 Å². The molecule has 2 aromatic rings. The van der Waals surface area contributed by atoms with Crippen LogP contribution in [0.2, 0.25) is 0 Å². The van der Waals surface area contributed by atoms with E-state index in [0.29, 0.717) is 14.6 Å². The zero-order valence-corrected chi connectivity index (χ0v) is 16.5. The first-order valence-corrected chi connectivity index (χ1v) is 8.47. The molecule has 1 amide bonds. The van der Waals surface area contributed by atoms with Gasteiger partial charge in [-0.1, -0.05) is 0 Å². The number of hydrogen-bond donors (Lipinski definition) is 1. The molecule has 0 aliphatic rings. The summed E-state index contributed by atoms with van der Waals surface area (Å²) in [5, 5.41) is 2.55. The third-order valence-electron chi connectivity index (χ3n) is 2.50. The second kappa shape index (κ2) is 9.64. The molecule has 0 heterocycles. The van der Waals surface area contributed by atoms with Crippen LogP contribution in [0.1, 0.15) is 20.8 Å². The van der Waals surface area contributed by atoms with Gasteiger partial charge in [0, 0.05) is 21.6 Å². The van der Waals surface area contributed by atoms with E-state index in [1.165, 1.54) is 37.3 Å². The van der Waals surface area contributed by atoms with Gasteiger partial charge in [-0.3, -0.25) is 9.79 Å². The van der Waals surface area contributed by atoms with Gasteiger partial charge in [0.1, 0.15) is 11.6 Å². The average molecular weight is 462 g/mol. The lowest BCUT2D eigenvalue weighted by atomic mass is 10.3. The average Bonchev–Trinajstić information content (AvgIpc) is 2.45. The SMILES string of the molecule is CC(=O)Nc1ccc(F)cc1Br.CC(C)=Nc1ccc(F)cc1Br. The van der Waals surface area contributed by atoms with Crippen LogP contribution in [-0.2, 0) is 4.79 Å². The molecule has 1 N–H and O–H groups in total. The minimum absolute atomic E-state index is 0.178. The molecule has 0 aromatic heterocycles. The van der Waals surface area contributed by atoms with Crippen LogP contribution in [0.4, 0.5) is 20.2 Å². The summed E-state index contributed by atoms with van der Waals surface area (Å²) in [7, 11) is 0. The number of amides is 1. The molecule has 7 heteroatoms. The lowest BCUT2D eigenvalue weighted by Crippen LogP contribution is -2.06. The maximum atomic E-state index is 12.6. The smallest absolute Gasteiger partial charge is 0.221 e. The summed E-state index contributed by atoms with van der Waals surface area (Å²) in [6, 6.07) is 8.53. The van der Waals surface area contributed by atoms with Crippen molar-refractivity contribution in [1.82, 2.24) is 0 Å². The Labute approximate surface area is 156 Å². The standard InChI is InChI=1S/C9H9BrFN.C8H7BrFNO/c1-6(2)12-9-4-3-7(11)5-8(9)10;1-5(12)11-8-3-2-6(10)4-7(8)9/h3-5H,1-2H3;2-4H,1H3,(H,11,12). The maximum Gasteiger partial charge on any atom is 0.221 e. The van der Waals surface area contributed by atoms with Crippen molar-refractivity contribution in [2.24, 2.45) is 4.99 Å². The van der Waals surface area contributed by atoms with Crippen molar-refractivity contribution in [3.05, 3.63) is 57.0 Å². The number of anilines is 1. The van der Waals surface area contributed by atoms with Gasteiger partial charge in [-0.05, 0) is 82.1 Å². The number of nitrogens with one attached hydrogen (secondary N) is 1. The first-order chi connectivity index (χ1) is 11.2. The monoisotopic (exact) mass is 460 g/mol. The molecule has 0 spiro atoms. The Balaban J connectivity index is 0.000000240. The number of hydrogen-bond acceptors (Lipinski definition) is 2. The van der Waals surface area contributed by atoms with E-state index in [-0.39, 0.29) is 17.5 Å². The number of halogens is 4. The van der Waals surface area contributed by atoms with E-state index in [2.05, 4.69) is 42.2 Å². The Morgan fingerprint density at radius 3 is 1.96 bits per heavy atom. The largest absolute Gasteiger partial charge is 0.325 e. The van der Waals surface area contributed by atoms with E-state index in [9.17, 15) is 13.6 Å². The normalized spacial score (nSPS) is 9.62. The number of rotatable bonds is 2. The summed E-state index contributed by atoms with van der Waals surface area (Å²) >= 11 is 6.35. The highest BCUT2D eigenvalue weighted by molar-refractivity contribution is 9.11. The molecular formula is C17H16Br2F2N2O. The van der Waals surface area contributed by atoms with E-state index in [1.54, 1.807) is 6.07 Å². The van der Waals surface area contributed by atoms with Gasteiger partial charge in [-0.15, -0.1) is 0 Å². The van der Waals surface area contributed by atoms with Crippen molar-refractivity contribution in [2.75, 3.05) is 5.32 Å². The second-order valence-electron chi connectivity index (χ2n) is 4.96. The highest BCUT2D eigenvalue weighted by Crippen LogP contribution is 2.26. The lowest BCUT2D eigenvalue weighted by molar-refractivity contribution is -0.114. The molecule has 0 aliphatic heterocycles. The van der Waals surface area contributed by atoms with Gasteiger partial charge in [0.05, 0.1) is 11.4 Å². The van der Waals surface area contributed by atoms with Gasteiger partial charge in [-0.2, -0.15) is 0 Å². The third kappa shape index (κ3) is 7.31. The van der Waals surface area contributed by atoms with Gasteiger partial charge in [0.2, 0.25) is 5.91 Å². The molecule has 0 fully saturated rings. The van der Waals surface area contributed by atoms with E-state index >= 15 is 0 Å². The molecule has 0 saturated carbocycles. The minimum Gasteiger partial charge on any atom is -0.325 e. The molecule has 0 unspecified atom stereocenters. The molecule has 24 heavy (non-hydrogen) atoms. The predicted molar refractivity (Wildman–Crippen MR) is 101 cm³/mol. The molecule has 128 valence electrons. The Bertz CT molecular complexity index is 760. The summed E-state index contributed by atoms with van der Waals surface area (Å²) < 4.78 is 26.4. The van der Waals surface area contributed by atoms with Crippen molar-refractivity contribution in [3.8, 4) is 0 Å². The Morgan fingerprint density at radius 1 is 0.958 bits per heavy atom. The van der Waals surface area contributed by atoms with Crippen molar-refractivity contribution >= 4 is 54.9 Å². The lowest BCUT2D eigenvalue weighted by Gasteiger charge is -2.03. The minimum atomic E-state index is -0.337. The van der Waals surface area contributed by atoms with Crippen molar-refractivity contribution in [3.63, 3.8) is 0 Å². The molecule has 0 saturated heterocycles. The summed E-state index contributed by atoms with van der Waals surface area (Å²) in [5.74, 6) is -0.770. The van der Waals surface area contributed by atoms with Crippen LogP contribution in [0.25, 0.3) is 0 Å². The first kappa shape index (κ1) is 20.4. The zero-order chi connectivity index (χ0) is 18.3. The molecule has 2 rings (SSSR count). The Hall–Kier alpha value is -1.60. The highest BCUT2D eigenvalue weighted by atomic mass is 79.9. The van der Waals surface area contributed by atoms with Crippen LogP contribution in [0.5, 0.6) is 0 Å². The number of nitrogens with zero attached hydrogens (tertiary/aromatic N) is 1. The van der Waals surface area contributed by atoms with E-state index < -0.39 is 0 Å². The molecule has 3 nitrogen and oxygen atoms in total. The second-order valence-corrected chi connectivity index (χ2v) is 6.67. The summed E-state index contributed by atoms with van der Waals surface area (Å²) in [4.78, 5) is 14.8. The van der Waals surface area contributed by atoms with Gasteiger partial charge in [-0.25, -0.2) is 8.78 Å². The fourth-order valence-corrected chi connectivity index (χ4v) is 2.48. The van der Waals surface area contributed by atoms with Gasteiger partial charge in [0.15, 0.2) is 0 Å². The molecule has 0 aliphatic carbocycles. The molecular weight excluding hydrogens is 446 g/mol. The van der Waals surface area contributed by atoms with Crippen LogP contribution >= 0.6 is 31.9 Å². The first-order valence-electron chi connectivity index (χ1n) is 6.88. The van der Waals surface area contributed by atoms with Crippen molar-refractivity contribution < 1.29 is 13.6 Å². The van der Waals surface area contributed by atoms with Gasteiger partial charge in [0.25, 0.3) is 0 Å². The Morgan fingerprint density at radius 2 is 1.50 bits per heavy atom. The van der Waals surface area contributed by atoms with Crippen LogP contribution < -0.4 is 5.32 Å². The highest BCUT2D eigenvalue weighted by Gasteiger charge is 2.01. The summed E-state index contributed by atoms with van der Waals surface area (Å²) in [6.07, 6.45) is 0. The molecule has 0 bridgehead atoms. The van der Waals surface area contributed by atoms with Crippen molar-refractivity contribution in [1.29, 1.82) is 0 Å². The number of benzene rings is 2. The molecule has 0 radical (unpaired) electrons. The van der Waals surface area contributed by atoms with Crippen molar-refractivity contribution in [2.45, 2.75) is 20.8 Å². The fourth-order valence-electron chi connectivity index (χ4n) is 1.59. The van der Waals surface area contributed by atoms with E-state index in [4.69, 9.17) is 0 Å². The van der Waals surface area contributed by atoms with E-state index in [0.717, 1.165) is 11.4 Å². The quantitative estimate of drug-likeness (QED) is 0.527. The zero-order valence-electron chi connectivity index (χ0n) is 13.3. The van der Waals surface area contributed by atoms with E-state index in [1.807, 2.05) is 13.8 Å². The fraction of sp³-hybridized carbons (Fsp3) is 0.176. The Kier molecular flexibility index (Phi) is 8.21. The van der Waals surface area contributed by atoms with Gasteiger partial charge < -0.3 is 5.32 Å².